The van der Waals surface area contributed by atoms with E-state index >= 15 is 0 Å². The topological polar surface area (TPSA) is 217 Å². The van der Waals surface area contributed by atoms with E-state index in [4.69, 9.17) is 10.2 Å². The molecule has 0 amide bonds. The van der Waals surface area contributed by atoms with Gasteiger partial charge in [-0.3, -0.25) is 0 Å². The van der Waals surface area contributed by atoms with Crippen molar-refractivity contribution < 1.29 is 62.8 Å². The Hall–Kier alpha value is -2.70. The van der Waals surface area contributed by atoms with E-state index in [0.717, 1.165) is 0 Å². The summed E-state index contributed by atoms with van der Waals surface area (Å²) < 4.78 is 0. The number of carbonyl (C=O) groups is 2. The molecule has 0 bridgehead atoms. The minimum absolute atomic E-state index is 0. The van der Waals surface area contributed by atoms with Crippen molar-refractivity contribution in [1.82, 2.24) is 10.6 Å². The minimum Gasteiger partial charge on any atom is -0.548 e. The fraction of sp³-hybridized carbons (Fsp3) is 0.300. The van der Waals surface area contributed by atoms with Crippen LogP contribution in [0.4, 0.5) is 0 Å². The number of aliphatic hydroxyl groups excluding tert-OH is 2. The van der Waals surface area contributed by atoms with E-state index in [1.807, 2.05) is 0 Å². The fourth-order valence-electron chi connectivity index (χ4n) is 2.23. The zero-order valence-corrected chi connectivity index (χ0v) is 17.8. The normalized spacial score (nSPS) is 11.6. The molecule has 0 saturated carbocycles. The Labute approximate surface area is 195 Å². The number of rotatable bonds is 10. The van der Waals surface area contributed by atoms with Crippen LogP contribution in [0.1, 0.15) is 11.1 Å². The molecule has 0 aliphatic carbocycles. The molecule has 0 aliphatic heterocycles. The van der Waals surface area contributed by atoms with Crippen molar-refractivity contribution in [3.63, 3.8) is 0 Å². The molecule has 2 rings (SSSR count). The molecule has 0 spiro atoms. The van der Waals surface area contributed by atoms with E-state index in [-0.39, 0.29) is 47.1 Å². The zero-order chi connectivity index (χ0) is 22.5. The second-order valence-electron chi connectivity index (χ2n) is 6.13. The van der Waals surface area contributed by atoms with Crippen molar-refractivity contribution in [2.75, 3.05) is 13.2 Å². The molecule has 32 heavy (non-hydrogen) atoms. The van der Waals surface area contributed by atoms with E-state index in [9.17, 15) is 30.0 Å². The molecular weight excluding hydrogens is 476 g/mol. The number of hydrogen-bond acceptors (Lipinski definition) is 10. The number of aliphatic hydroxyl groups is 2. The maximum atomic E-state index is 10.4. The Bertz CT molecular complexity index is 756. The van der Waals surface area contributed by atoms with Gasteiger partial charge in [0.1, 0.15) is 11.5 Å². The number of carbonyl (C=O) groups excluding carboxylic acids is 2. The van der Waals surface area contributed by atoms with Crippen molar-refractivity contribution in [1.29, 1.82) is 0 Å². The summed E-state index contributed by atoms with van der Waals surface area (Å²) in [6.07, 6.45) is 0. The second kappa shape index (κ2) is 16.9. The van der Waals surface area contributed by atoms with Gasteiger partial charge in [0, 0.05) is 24.2 Å². The number of aromatic hydroxyl groups is 2. The van der Waals surface area contributed by atoms with E-state index in [1.165, 1.54) is 12.1 Å². The van der Waals surface area contributed by atoms with Crippen LogP contribution < -0.4 is 20.8 Å². The third kappa shape index (κ3) is 11.1. The quantitative estimate of drug-likeness (QED) is 0.175. The average molecular weight is 502 g/mol. The Kier molecular flexibility index (Phi) is 16.7. The Morgan fingerprint density at radius 1 is 0.750 bits per heavy atom. The number of hydrogen-bond donors (Lipinski definition) is 6. The summed E-state index contributed by atoms with van der Waals surface area (Å²) in [4.78, 5) is 20.9. The summed E-state index contributed by atoms with van der Waals surface area (Å²) in [5.74, 6) is -2.57. The van der Waals surface area contributed by atoms with Crippen molar-refractivity contribution in [3.8, 4) is 11.5 Å². The van der Waals surface area contributed by atoms with Crippen molar-refractivity contribution in [3.05, 3.63) is 59.7 Å². The molecular formula is C20H26CuN2O9. The van der Waals surface area contributed by atoms with Crippen molar-refractivity contribution >= 4 is 11.9 Å². The second-order valence-corrected chi connectivity index (χ2v) is 6.13. The number of nitrogens with one attached hydrogen (secondary N) is 2. The molecule has 2 aromatic rings. The van der Waals surface area contributed by atoms with Crippen LogP contribution in [0.5, 0.6) is 11.5 Å². The summed E-state index contributed by atoms with van der Waals surface area (Å²) in [6.45, 7) is -0.774. The van der Waals surface area contributed by atoms with Gasteiger partial charge in [-0.1, -0.05) is 36.4 Å². The van der Waals surface area contributed by atoms with Gasteiger partial charge in [-0.25, -0.2) is 0 Å². The van der Waals surface area contributed by atoms with Gasteiger partial charge in [-0.15, -0.1) is 0 Å². The van der Waals surface area contributed by atoms with Gasteiger partial charge < -0.3 is 56.3 Å². The van der Waals surface area contributed by atoms with Crippen molar-refractivity contribution in [2.45, 2.75) is 25.2 Å². The predicted octanol–water partition coefficient (Wildman–Crippen LogP) is -3.64. The number of carboxylic acid groups (broad SMARTS) is 2. The molecule has 0 saturated heterocycles. The Morgan fingerprint density at radius 2 is 1.06 bits per heavy atom. The predicted molar refractivity (Wildman–Crippen MR) is 105 cm³/mol. The number of phenolic OH excluding ortho intramolecular Hbond substituents is 2. The monoisotopic (exact) mass is 501 g/mol. The maximum absolute atomic E-state index is 10.4. The average Bonchev–Trinajstić information content (AvgIpc) is 2.71. The van der Waals surface area contributed by atoms with Crippen LogP contribution in [0, 0.1) is 0 Å². The van der Waals surface area contributed by atoms with Crippen molar-refractivity contribution in [2.24, 2.45) is 0 Å². The first-order valence-electron chi connectivity index (χ1n) is 8.94. The van der Waals surface area contributed by atoms with Gasteiger partial charge in [-0.05, 0) is 12.1 Å². The minimum atomic E-state index is -1.37. The largest absolute Gasteiger partial charge is 2.00 e. The molecule has 0 fully saturated rings. The third-order valence-corrected chi connectivity index (χ3v) is 4.00. The maximum Gasteiger partial charge on any atom is 2.00 e. The van der Waals surface area contributed by atoms with Crippen LogP contribution in [-0.4, -0.2) is 63.1 Å². The van der Waals surface area contributed by atoms with Gasteiger partial charge in [0.15, 0.2) is 0 Å². The molecule has 0 aliphatic rings. The molecule has 12 heteroatoms. The molecule has 1 radical (unpaired) electrons. The van der Waals surface area contributed by atoms with Crippen LogP contribution >= 0.6 is 0 Å². The summed E-state index contributed by atoms with van der Waals surface area (Å²) in [5.41, 5.74) is 1.13. The molecule has 181 valence electrons. The van der Waals surface area contributed by atoms with Crippen LogP contribution in [0.3, 0.4) is 0 Å². The Balaban J connectivity index is 0. The molecule has 0 heterocycles. The fourth-order valence-corrected chi connectivity index (χ4v) is 2.23. The van der Waals surface area contributed by atoms with Crippen LogP contribution in [0.15, 0.2) is 48.5 Å². The SMILES string of the molecule is O.O=C([O-])[C@H](CO)NCc1ccccc1O.O=C([O-])[C@H](CO)NCc1ccccc1O.[Cu+2]. The van der Waals surface area contributed by atoms with E-state index in [2.05, 4.69) is 10.6 Å². The number of aliphatic carboxylic acids is 2. The van der Waals surface area contributed by atoms with Gasteiger partial charge in [-0.2, -0.15) is 0 Å². The number of benzene rings is 2. The smallest absolute Gasteiger partial charge is 0.548 e. The number of para-hydroxylation sites is 2. The standard InChI is InChI=1S/2C10H13NO4.Cu.H2O/c2*12-6-8(10(14)15)11-5-7-3-1-2-4-9(7)13;;/h2*1-4,8,11-13H,5-6H2,(H,14,15);;1H2/q;;+2;/p-2/t2*8-;;/m00../s1. The zero-order valence-electron chi connectivity index (χ0n) is 16.8. The molecule has 2 atom stereocenters. The number of carboxylic acids is 2. The van der Waals surface area contributed by atoms with Gasteiger partial charge in [0.2, 0.25) is 0 Å². The van der Waals surface area contributed by atoms with Crippen LogP contribution in [-0.2, 0) is 39.7 Å². The molecule has 0 unspecified atom stereocenters. The summed E-state index contributed by atoms with van der Waals surface area (Å²) in [7, 11) is 0. The van der Waals surface area contributed by atoms with Gasteiger partial charge >= 0.3 is 17.1 Å². The summed E-state index contributed by atoms with van der Waals surface area (Å²) >= 11 is 0. The number of phenols is 2. The molecule has 11 nitrogen and oxygen atoms in total. The third-order valence-electron chi connectivity index (χ3n) is 4.00. The van der Waals surface area contributed by atoms with E-state index in [1.54, 1.807) is 36.4 Å². The molecule has 0 aromatic heterocycles. The molecule has 8 N–H and O–H groups in total. The van der Waals surface area contributed by atoms with Gasteiger partial charge in [0.05, 0.1) is 37.2 Å². The van der Waals surface area contributed by atoms with Crippen LogP contribution in [0.2, 0.25) is 0 Å². The molecule has 2 aromatic carbocycles. The summed E-state index contributed by atoms with van der Waals surface area (Å²) in [5, 5.41) is 62.1. The van der Waals surface area contributed by atoms with E-state index in [0.29, 0.717) is 11.1 Å². The summed E-state index contributed by atoms with van der Waals surface area (Å²) in [6, 6.07) is 10.9. The first-order chi connectivity index (χ1) is 14.3. The first kappa shape index (κ1) is 31.5. The first-order valence-corrected chi connectivity index (χ1v) is 8.94. The van der Waals surface area contributed by atoms with Gasteiger partial charge in [0.25, 0.3) is 0 Å². The van der Waals surface area contributed by atoms with E-state index < -0.39 is 37.2 Å². The van der Waals surface area contributed by atoms with Crippen LogP contribution in [0.25, 0.3) is 0 Å². The Morgan fingerprint density at radius 3 is 1.31 bits per heavy atom.